The highest BCUT2D eigenvalue weighted by atomic mass is 19.1. The Labute approximate surface area is 243 Å². The van der Waals surface area contributed by atoms with Gasteiger partial charge in [0.1, 0.15) is 12.4 Å². The van der Waals surface area contributed by atoms with Gasteiger partial charge in [-0.15, -0.1) is 0 Å². The van der Waals surface area contributed by atoms with E-state index >= 15 is 0 Å². The molecule has 0 radical (unpaired) electrons. The number of carbonyl (C=O) groups is 2. The lowest BCUT2D eigenvalue weighted by molar-refractivity contribution is -0.141. The molecule has 1 heterocycles. The lowest BCUT2D eigenvalue weighted by Gasteiger charge is -2.28. The van der Waals surface area contributed by atoms with Crippen LogP contribution >= 0.6 is 0 Å². The molecule has 4 aromatic rings. The second-order valence-corrected chi connectivity index (χ2v) is 11.0. The molecule has 41 heavy (non-hydrogen) atoms. The molecule has 2 amide bonds. The van der Waals surface area contributed by atoms with E-state index in [-0.39, 0.29) is 30.7 Å². The Morgan fingerprint density at radius 1 is 0.780 bits per heavy atom. The van der Waals surface area contributed by atoms with Crippen molar-refractivity contribution in [3.63, 3.8) is 0 Å². The Balaban J connectivity index is 1.50. The number of benzene rings is 3. The number of unbranched alkanes of at least 4 members (excludes halogenated alkanes) is 4. The van der Waals surface area contributed by atoms with Crippen molar-refractivity contribution in [1.29, 1.82) is 0 Å². The molecule has 4 rings (SSSR count). The Morgan fingerprint density at radius 2 is 1.44 bits per heavy atom. The van der Waals surface area contributed by atoms with E-state index in [9.17, 15) is 14.0 Å². The van der Waals surface area contributed by atoms with Crippen LogP contribution in [0.25, 0.3) is 10.9 Å². The van der Waals surface area contributed by atoms with E-state index in [0.29, 0.717) is 25.9 Å². The van der Waals surface area contributed by atoms with Gasteiger partial charge >= 0.3 is 0 Å². The van der Waals surface area contributed by atoms with Crippen LogP contribution in [-0.2, 0) is 29.1 Å². The van der Waals surface area contributed by atoms with Crippen LogP contribution in [0.4, 0.5) is 4.39 Å². The van der Waals surface area contributed by atoms with Gasteiger partial charge in [-0.3, -0.25) is 9.59 Å². The summed E-state index contributed by atoms with van der Waals surface area (Å²) in [7, 11) is 0. The van der Waals surface area contributed by atoms with Crippen LogP contribution < -0.4 is 0 Å². The van der Waals surface area contributed by atoms with E-state index in [1.54, 1.807) is 17.0 Å². The molecule has 0 spiro atoms. The molecule has 0 aliphatic rings. The molecular formula is C35H42FN3O2. The van der Waals surface area contributed by atoms with Gasteiger partial charge < -0.3 is 14.8 Å². The van der Waals surface area contributed by atoms with Crippen LogP contribution in [0, 0.1) is 12.7 Å². The number of hydrogen-bond donors (Lipinski definition) is 1. The average molecular weight is 556 g/mol. The quantitative estimate of drug-likeness (QED) is 0.154. The minimum Gasteiger partial charge on any atom is -0.361 e. The second-order valence-electron chi connectivity index (χ2n) is 11.0. The van der Waals surface area contributed by atoms with Gasteiger partial charge in [-0.1, -0.05) is 92.8 Å². The van der Waals surface area contributed by atoms with Crippen LogP contribution in [0.2, 0.25) is 0 Å². The topological polar surface area (TPSA) is 56.4 Å². The van der Waals surface area contributed by atoms with Crippen molar-refractivity contribution >= 4 is 22.7 Å². The number of aromatic nitrogens is 1. The van der Waals surface area contributed by atoms with E-state index in [0.717, 1.165) is 59.7 Å². The number of carbonyl (C=O) groups excluding carboxylic acids is 2. The average Bonchev–Trinajstić information content (AvgIpc) is 3.39. The summed E-state index contributed by atoms with van der Waals surface area (Å²) in [4.78, 5) is 34.1. The largest absolute Gasteiger partial charge is 0.361 e. The normalized spacial score (nSPS) is 11.1. The van der Waals surface area contributed by atoms with Crippen molar-refractivity contribution in [2.24, 2.45) is 0 Å². The second kappa shape index (κ2) is 15.2. The number of nitrogens with one attached hydrogen (secondary N) is 1. The molecular weight excluding hydrogens is 513 g/mol. The fourth-order valence-corrected chi connectivity index (χ4v) is 5.14. The number of aryl methyl sites for hydroxylation is 1. The zero-order valence-electron chi connectivity index (χ0n) is 24.4. The zero-order chi connectivity index (χ0) is 29.0. The van der Waals surface area contributed by atoms with E-state index in [1.165, 1.54) is 17.7 Å². The first kappa shape index (κ1) is 30.0. The molecule has 1 N–H and O–H groups in total. The van der Waals surface area contributed by atoms with Crippen molar-refractivity contribution in [3.05, 3.63) is 107 Å². The summed E-state index contributed by atoms with van der Waals surface area (Å²) in [6, 6.07) is 22.6. The molecule has 0 aliphatic carbocycles. The Kier molecular flexibility index (Phi) is 11.1. The molecule has 0 unspecified atom stereocenters. The molecule has 0 fully saturated rings. The van der Waals surface area contributed by atoms with Crippen LogP contribution in [-0.4, -0.2) is 39.7 Å². The van der Waals surface area contributed by atoms with Gasteiger partial charge in [0, 0.05) is 43.2 Å². The molecule has 216 valence electrons. The van der Waals surface area contributed by atoms with E-state index < -0.39 is 0 Å². The first-order valence-electron chi connectivity index (χ1n) is 14.8. The number of rotatable bonds is 15. The summed E-state index contributed by atoms with van der Waals surface area (Å²) in [5, 5.41) is 1.16. The number of fused-ring (bicyclic) bond motifs is 1. The molecule has 0 saturated carbocycles. The van der Waals surface area contributed by atoms with Gasteiger partial charge in [-0.25, -0.2) is 4.39 Å². The zero-order valence-corrected chi connectivity index (χ0v) is 24.4. The van der Waals surface area contributed by atoms with Crippen molar-refractivity contribution < 1.29 is 14.0 Å². The molecule has 0 atom stereocenters. The Bertz CT molecular complexity index is 1400. The van der Waals surface area contributed by atoms with Gasteiger partial charge in [0.15, 0.2) is 0 Å². The summed E-state index contributed by atoms with van der Waals surface area (Å²) in [6.07, 6.45) is 8.35. The molecule has 5 nitrogen and oxygen atoms in total. The third kappa shape index (κ3) is 9.04. The minimum atomic E-state index is -0.319. The fourth-order valence-electron chi connectivity index (χ4n) is 5.14. The maximum atomic E-state index is 13.9. The van der Waals surface area contributed by atoms with Crippen LogP contribution in [0.5, 0.6) is 0 Å². The number of para-hydroxylation sites is 1. The summed E-state index contributed by atoms with van der Waals surface area (Å²) >= 11 is 0. The highest BCUT2D eigenvalue weighted by molar-refractivity contribution is 5.85. The van der Waals surface area contributed by atoms with Crippen molar-refractivity contribution in [2.45, 2.75) is 71.9 Å². The predicted molar refractivity (Wildman–Crippen MR) is 164 cm³/mol. The molecule has 3 aromatic carbocycles. The van der Waals surface area contributed by atoms with Crippen molar-refractivity contribution in [3.8, 4) is 0 Å². The minimum absolute atomic E-state index is 0.00901. The number of aromatic amines is 1. The van der Waals surface area contributed by atoms with Crippen LogP contribution in [0.1, 0.15) is 67.7 Å². The Morgan fingerprint density at radius 3 is 2.17 bits per heavy atom. The standard InChI is InChI=1S/C35H42FN3O2/c1-3-4-5-6-7-12-34(40)39(25-29-17-19-31(36)20-18-29)26-35(41)38(24-28-15-13-27(2)14-16-28)22-21-30-23-37-33-11-9-8-10-32(30)33/h8-11,13-20,23,37H,3-7,12,21-22,24-26H2,1-2H3. The van der Waals surface area contributed by atoms with Gasteiger partial charge in [-0.05, 0) is 54.7 Å². The summed E-state index contributed by atoms with van der Waals surface area (Å²) in [5.74, 6) is -0.446. The lowest BCUT2D eigenvalue weighted by Crippen LogP contribution is -2.43. The van der Waals surface area contributed by atoms with E-state index in [4.69, 9.17) is 0 Å². The highest BCUT2D eigenvalue weighted by Gasteiger charge is 2.22. The maximum Gasteiger partial charge on any atom is 0.242 e. The molecule has 0 bridgehead atoms. The highest BCUT2D eigenvalue weighted by Crippen LogP contribution is 2.19. The molecule has 1 aromatic heterocycles. The van der Waals surface area contributed by atoms with E-state index in [2.05, 4.69) is 48.3 Å². The number of amides is 2. The monoisotopic (exact) mass is 555 g/mol. The van der Waals surface area contributed by atoms with Crippen LogP contribution in [0.15, 0.2) is 79.0 Å². The Hall–Kier alpha value is -3.93. The number of hydrogen-bond acceptors (Lipinski definition) is 2. The SMILES string of the molecule is CCCCCCCC(=O)N(CC(=O)N(CCc1c[nH]c2ccccc12)Cc1ccc(C)cc1)Cc1ccc(F)cc1. The number of halogens is 1. The van der Waals surface area contributed by atoms with Crippen LogP contribution in [0.3, 0.4) is 0 Å². The van der Waals surface area contributed by atoms with Gasteiger partial charge in [0.25, 0.3) is 0 Å². The first-order valence-corrected chi connectivity index (χ1v) is 14.8. The third-order valence-corrected chi connectivity index (χ3v) is 7.63. The molecule has 0 aliphatic heterocycles. The summed E-state index contributed by atoms with van der Waals surface area (Å²) in [6.45, 7) is 5.49. The molecule has 0 saturated heterocycles. The fraction of sp³-hybridized carbons (Fsp3) is 0.371. The van der Waals surface area contributed by atoms with Gasteiger partial charge in [-0.2, -0.15) is 0 Å². The first-order chi connectivity index (χ1) is 19.9. The summed E-state index contributed by atoms with van der Waals surface area (Å²) < 4.78 is 13.6. The maximum absolute atomic E-state index is 13.9. The predicted octanol–water partition coefficient (Wildman–Crippen LogP) is 7.58. The summed E-state index contributed by atoms with van der Waals surface area (Å²) in [5.41, 5.74) is 5.26. The van der Waals surface area contributed by atoms with E-state index in [1.807, 2.05) is 30.2 Å². The van der Waals surface area contributed by atoms with Crippen molar-refractivity contribution in [2.75, 3.05) is 13.1 Å². The third-order valence-electron chi connectivity index (χ3n) is 7.63. The number of H-pyrrole nitrogens is 1. The smallest absolute Gasteiger partial charge is 0.242 e. The van der Waals surface area contributed by atoms with Crippen molar-refractivity contribution in [1.82, 2.24) is 14.8 Å². The van der Waals surface area contributed by atoms with Gasteiger partial charge in [0.2, 0.25) is 11.8 Å². The lowest BCUT2D eigenvalue weighted by atomic mass is 10.1. The van der Waals surface area contributed by atoms with Gasteiger partial charge in [0.05, 0.1) is 0 Å². The number of nitrogens with zero attached hydrogens (tertiary/aromatic N) is 2. The molecule has 6 heteroatoms.